The second kappa shape index (κ2) is 5.86. The molecule has 0 bridgehead atoms. The van der Waals surface area contributed by atoms with Gasteiger partial charge in [0.1, 0.15) is 5.69 Å². The molecule has 6 nitrogen and oxygen atoms in total. The van der Waals surface area contributed by atoms with Gasteiger partial charge in [-0.2, -0.15) is 23.7 Å². The molecule has 118 valence electrons. The first kappa shape index (κ1) is 14.7. The Morgan fingerprint density at radius 2 is 2.14 bits per heavy atom. The third kappa shape index (κ3) is 2.60. The summed E-state index contributed by atoms with van der Waals surface area (Å²) in [5.41, 5.74) is 2.15. The van der Waals surface area contributed by atoms with E-state index in [1.54, 1.807) is 4.90 Å². The highest BCUT2D eigenvalue weighted by atomic mass is 19.3. The first-order valence-corrected chi connectivity index (χ1v) is 7.18. The first-order valence-electron chi connectivity index (χ1n) is 7.18. The predicted molar refractivity (Wildman–Crippen MR) is 74.7 cm³/mol. The minimum atomic E-state index is -2.81. The van der Waals surface area contributed by atoms with Crippen LogP contribution in [0.4, 0.5) is 8.78 Å². The number of likely N-dealkylation sites (tertiary alicyclic amines) is 1. The molecule has 1 saturated heterocycles. The Bertz CT molecular complexity index is 658. The van der Waals surface area contributed by atoms with E-state index in [1.807, 2.05) is 13.1 Å². The van der Waals surface area contributed by atoms with Crippen molar-refractivity contribution in [3.05, 3.63) is 35.4 Å². The number of carbonyl (C=O) groups is 1. The summed E-state index contributed by atoms with van der Waals surface area (Å²) < 4.78 is 26.1. The summed E-state index contributed by atoms with van der Waals surface area (Å²) >= 11 is 0. The van der Waals surface area contributed by atoms with Crippen LogP contribution < -0.4 is 0 Å². The zero-order chi connectivity index (χ0) is 15.7. The van der Waals surface area contributed by atoms with Crippen LogP contribution in [-0.4, -0.2) is 43.9 Å². The number of nitrogens with zero attached hydrogens (tertiary/aromatic N) is 4. The second-order valence-corrected chi connectivity index (χ2v) is 5.46. The van der Waals surface area contributed by atoms with Crippen LogP contribution in [0.15, 0.2) is 18.5 Å². The van der Waals surface area contributed by atoms with Gasteiger partial charge in [-0.3, -0.25) is 9.89 Å². The Labute approximate surface area is 126 Å². The van der Waals surface area contributed by atoms with Crippen molar-refractivity contribution in [2.75, 3.05) is 13.1 Å². The number of H-pyrrole nitrogens is 1. The van der Waals surface area contributed by atoms with Gasteiger partial charge in [-0.05, 0) is 37.3 Å². The van der Waals surface area contributed by atoms with Crippen LogP contribution >= 0.6 is 0 Å². The summed E-state index contributed by atoms with van der Waals surface area (Å²) in [6.45, 7) is 0.256. The third-order valence-electron chi connectivity index (χ3n) is 4.17. The van der Waals surface area contributed by atoms with Gasteiger partial charge in [0.05, 0.1) is 6.20 Å². The Hall–Kier alpha value is -2.25. The van der Waals surface area contributed by atoms with E-state index in [0.717, 1.165) is 18.5 Å². The van der Waals surface area contributed by atoms with Crippen LogP contribution in [-0.2, 0) is 0 Å². The molecule has 3 rings (SSSR count). The number of aryl methyl sites for hydroxylation is 1. The van der Waals surface area contributed by atoms with Crippen molar-refractivity contribution in [1.82, 2.24) is 24.9 Å². The van der Waals surface area contributed by atoms with Gasteiger partial charge in [0.2, 0.25) is 0 Å². The lowest BCUT2D eigenvalue weighted by molar-refractivity contribution is 0.0451. The SMILES string of the molecule is Cc1[nH]ncc1C1CCN(C(=O)c2ccnn2C(F)F)CC1. The number of halogens is 2. The molecule has 0 aromatic carbocycles. The van der Waals surface area contributed by atoms with Crippen LogP contribution in [0.3, 0.4) is 0 Å². The Morgan fingerprint density at radius 1 is 1.41 bits per heavy atom. The van der Waals surface area contributed by atoms with E-state index in [1.165, 1.54) is 17.8 Å². The molecule has 0 saturated carbocycles. The van der Waals surface area contributed by atoms with Gasteiger partial charge in [-0.1, -0.05) is 0 Å². The van der Waals surface area contributed by atoms with E-state index in [9.17, 15) is 13.6 Å². The van der Waals surface area contributed by atoms with Crippen LogP contribution in [0.1, 0.15) is 47.1 Å². The van der Waals surface area contributed by atoms with E-state index in [2.05, 4.69) is 15.3 Å². The molecule has 1 amide bonds. The summed E-state index contributed by atoms with van der Waals surface area (Å²) in [7, 11) is 0. The highest BCUT2D eigenvalue weighted by Crippen LogP contribution is 2.30. The highest BCUT2D eigenvalue weighted by Gasteiger charge is 2.28. The number of amides is 1. The van der Waals surface area contributed by atoms with Gasteiger partial charge >= 0.3 is 6.55 Å². The molecule has 0 spiro atoms. The lowest BCUT2D eigenvalue weighted by Crippen LogP contribution is -2.39. The number of nitrogens with one attached hydrogen (secondary N) is 1. The summed E-state index contributed by atoms with van der Waals surface area (Å²) in [4.78, 5) is 14.0. The number of hydrogen-bond acceptors (Lipinski definition) is 3. The van der Waals surface area contributed by atoms with E-state index in [-0.39, 0.29) is 11.6 Å². The van der Waals surface area contributed by atoms with Crippen LogP contribution in [0.2, 0.25) is 0 Å². The van der Waals surface area contributed by atoms with Gasteiger partial charge in [0, 0.05) is 25.0 Å². The highest BCUT2D eigenvalue weighted by molar-refractivity contribution is 5.92. The van der Waals surface area contributed by atoms with Crippen molar-refractivity contribution in [3.8, 4) is 0 Å². The summed E-state index contributed by atoms with van der Waals surface area (Å²) in [6.07, 6.45) is 4.65. The molecule has 8 heteroatoms. The number of hydrogen-bond donors (Lipinski definition) is 1. The molecule has 1 N–H and O–H groups in total. The topological polar surface area (TPSA) is 66.8 Å². The van der Waals surface area contributed by atoms with E-state index >= 15 is 0 Å². The van der Waals surface area contributed by atoms with Crippen molar-refractivity contribution in [2.24, 2.45) is 0 Å². The van der Waals surface area contributed by atoms with Crippen LogP contribution in [0.5, 0.6) is 0 Å². The minimum Gasteiger partial charge on any atom is -0.337 e. The molecular formula is C14H17F2N5O. The van der Waals surface area contributed by atoms with Crippen molar-refractivity contribution in [3.63, 3.8) is 0 Å². The Balaban J connectivity index is 1.67. The Morgan fingerprint density at radius 3 is 2.73 bits per heavy atom. The van der Waals surface area contributed by atoms with Gasteiger partial charge in [-0.25, -0.2) is 0 Å². The summed E-state index contributed by atoms with van der Waals surface area (Å²) in [5, 5.41) is 10.4. The molecule has 0 unspecified atom stereocenters. The predicted octanol–water partition coefficient (Wildman–Crippen LogP) is 2.33. The van der Waals surface area contributed by atoms with Gasteiger partial charge < -0.3 is 4.90 Å². The van der Waals surface area contributed by atoms with Crippen molar-refractivity contribution < 1.29 is 13.6 Å². The van der Waals surface area contributed by atoms with Crippen molar-refractivity contribution in [2.45, 2.75) is 32.2 Å². The van der Waals surface area contributed by atoms with E-state index in [0.29, 0.717) is 23.7 Å². The molecule has 2 aromatic heterocycles. The average Bonchev–Trinajstić information content (AvgIpc) is 3.15. The molecule has 1 fully saturated rings. The quantitative estimate of drug-likeness (QED) is 0.946. The molecular weight excluding hydrogens is 292 g/mol. The molecule has 1 aliphatic heterocycles. The lowest BCUT2D eigenvalue weighted by Gasteiger charge is -2.32. The van der Waals surface area contributed by atoms with Gasteiger partial charge in [0.25, 0.3) is 5.91 Å². The van der Waals surface area contributed by atoms with Crippen molar-refractivity contribution in [1.29, 1.82) is 0 Å². The smallest absolute Gasteiger partial charge is 0.333 e. The molecule has 22 heavy (non-hydrogen) atoms. The molecule has 0 atom stereocenters. The maximum atomic E-state index is 12.8. The zero-order valence-corrected chi connectivity index (χ0v) is 12.2. The lowest BCUT2D eigenvalue weighted by atomic mass is 9.90. The van der Waals surface area contributed by atoms with Gasteiger partial charge in [-0.15, -0.1) is 0 Å². The summed E-state index contributed by atoms with van der Waals surface area (Å²) in [5.74, 6) is -0.0389. The summed E-state index contributed by atoms with van der Waals surface area (Å²) in [6, 6.07) is 1.33. The Kier molecular flexibility index (Phi) is 3.91. The monoisotopic (exact) mass is 309 g/mol. The zero-order valence-electron chi connectivity index (χ0n) is 12.2. The number of alkyl halides is 2. The van der Waals surface area contributed by atoms with E-state index in [4.69, 9.17) is 0 Å². The van der Waals surface area contributed by atoms with Crippen LogP contribution in [0.25, 0.3) is 0 Å². The minimum absolute atomic E-state index is 0.0621. The molecule has 1 aliphatic rings. The number of carbonyl (C=O) groups excluding carboxylic acids is 1. The molecule has 0 aliphatic carbocycles. The maximum Gasteiger partial charge on any atom is 0.333 e. The number of rotatable bonds is 3. The number of aromatic amines is 1. The maximum absolute atomic E-state index is 12.8. The normalized spacial score (nSPS) is 16.5. The molecule has 3 heterocycles. The fourth-order valence-electron chi connectivity index (χ4n) is 2.97. The second-order valence-electron chi connectivity index (χ2n) is 5.46. The van der Waals surface area contributed by atoms with Crippen LogP contribution in [0, 0.1) is 6.92 Å². The fourth-order valence-corrected chi connectivity index (χ4v) is 2.97. The third-order valence-corrected chi connectivity index (χ3v) is 4.17. The fraction of sp³-hybridized carbons (Fsp3) is 0.500. The van der Waals surface area contributed by atoms with Gasteiger partial charge in [0.15, 0.2) is 0 Å². The van der Waals surface area contributed by atoms with Crippen molar-refractivity contribution >= 4 is 5.91 Å². The standard InChI is InChI=1S/C14H17F2N5O/c1-9-11(8-17-19-9)10-3-6-20(7-4-10)13(22)12-2-5-18-21(12)14(15)16/h2,5,8,10,14H,3-4,6-7H2,1H3,(H,17,19). The molecule has 2 aromatic rings. The largest absolute Gasteiger partial charge is 0.337 e. The molecule has 0 radical (unpaired) electrons. The average molecular weight is 309 g/mol. The number of piperidine rings is 1. The first-order chi connectivity index (χ1) is 10.6. The number of aromatic nitrogens is 4. The van der Waals surface area contributed by atoms with E-state index < -0.39 is 6.55 Å².